The molecular weight excluding hydrogens is 446 g/mol. The largest absolute Gasteiger partial charge is 0.497 e. The van der Waals surface area contributed by atoms with Crippen LogP contribution in [0.4, 0.5) is 0 Å². The fraction of sp³-hybridized carbons (Fsp3) is 0.385. The molecule has 0 spiro atoms. The number of carbonyl (C=O) groups excluding carboxylic acids is 1. The predicted molar refractivity (Wildman–Crippen MR) is 133 cm³/mol. The van der Waals surface area contributed by atoms with Crippen LogP contribution in [0.1, 0.15) is 55.1 Å². The Kier molecular flexibility index (Phi) is 6.94. The van der Waals surface area contributed by atoms with Crippen molar-refractivity contribution >= 4 is 23.4 Å². The van der Waals surface area contributed by atoms with Crippen molar-refractivity contribution in [2.45, 2.75) is 49.7 Å². The quantitative estimate of drug-likeness (QED) is 0.463. The van der Waals surface area contributed by atoms with Gasteiger partial charge >= 0.3 is 0 Å². The number of hydrogen-bond donors (Lipinski definition) is 1. The zero-order valence-electron chi connectivity index (χ0n) is 19.3. The standard InChI is InChI=1S/C26H29N5O2S/c1-33-21-13-11-20(12-14-21)23-16-22(19-9-3-2-4-10-19)30-31(23)25(32)17-34-26-27-24(28-29-26)15-18-7-5-6-8-18/h2-4,9-14,18,23H,5-8,15-17H2,1H3,(H,27,28,29). The summed E-state index contributed by atoms with van der Waals surface area (Å²) in [5.41, 5.74) is 2.98. The maximum absolute atomic E-state index is 13.3. The zero-order chi connectivity index (χ0) is 23.3. The smallest absolute Gasteiger partial charge is 0.253 e. The molecule has 176 valence electrons. The van der Waals surface area contributed by atoms with Crippen molar-refractivity contribution in [2.24, 2.45) is 11.0 Å². The molecule has 7 nitrogen and oxygen atoms in total. The number of carbonyl (C=O) groups is 1. The van der Waals surface area contributed by atoms with E-state index < -0.39 is 0 Å². The number of hydrazone groups is 1. The lowest BCUT2D eigenvalue weighted by atomic mass is 9.98. The van der Waals surface area contributed by atoms with Crippen LogP contribution in [0.25, 0.3) is 0 Å². The summed E-state index contributed by atoms with van der Waals surface area (Å²) in [6.07, 6.45) is 6.77. The third-order valence-corrected chi connectivity index (χ3v) is 7.40. The second-order valence-electron chi connectivity index (χ2n) is 8.85. The first-order valence-electron chi connectivity index (χ1n) is 11.8. The molecular formula is C26H29N5O2S. The summed E-state index contributed by atoms with van der Waals surface area (Å²) < 4.78 is 5.30. The molecule has 0 saturated heterocycles. The van der Waals surface area contributed by atoms with Crippen LogP contribution < -0.4 is 4.74 Å². The topological polar surface area (TPSA) is 83.5 Å². The van der Waals surface area contributed by atoms with Gasteiger partial charge in [-0.25, -0.2) is 9.99 Å². The fourth-order valence-electron chi connectivity index (χ4n) is 4.74. The van der Waals surface area contributed by atoms with Gasteiger partial charge < -0.3 is 4.74 Å². The van der Waals surface area contributed by atoms with Crippen molar-refractivity contribution in [1.29, 1.82) is 0 Å². The second-order valence-corrected chi connectivity index (χ2v) is 9.79. The molecule has 1 saturated carbocycles. The minimum atomic E-state index is -0.153. The third kappa shape index (κ3) is 5.17. The summed E-state index contributed by atoms with van der Waals surface area (Å²) in [6.45, 7) is 0. The van der Waals surface area contributed by atoms with Crippen molar-refractivity contribution in [3.8, 4) is 5.75 Å². The van der Waals surface area contributed by atoms with Gasteiger partial charge in [0, 0.05) is 12.8 Å². The van der Waals surface area contributed by atoms with Crippen LogP contribution in [0.2, 0.25) is 0 Å². The van der Waals surface area contributed by atoms with E-state index in [1.165, 1.54) is 37.4 Å². The minimum absolute atomic E-state index is 0.0566. The van der Waals surface area contributed by atoms with Crippen LogP contribution in [-0.4, -0.2) is 44.7 Å². The van der Waals surface area contributed by atoms with Gasteiger partial charge in [0.05, 0.1) is 24.6 Å². The Morgan fingerprint density at radius 2 is 1.88 bits per heavy atom. The first kappa shape index (κ1) is 22.7. The molecule has 1 amide bonds. The number of hydrogen-bond acceptors (Lipinski definition) is 6. The van der Waals surface area contributed by atoms with Crippen LogP contribution in [0, 0.1) is 5.92 Å². The number of H-pyrrole nitrogens is 1. The molecule has 0 bridgehead atoms. The summed E-state index contributed by atoms with van der Waals surface area (Å²) in [5, 5.41) is 14.4. The van der Waals surface area contributed by atoms with Crippen LogP contribution in [0.5, 0.6) is 5.75 Å². The highest BCUT2D eigenvalue weighted by Gasteiger charge is 2.33. The van der Waals surface area contributed by atoms with E-state index in [1.807, 2.05) is 54.6 Å². The normalized spacial score (nSPS) is 18.3. The van der Waals surface area contributed by atoms with Crippen LogP contribution in [-0.2, 0) is 11.2 Å². The van der Waals surface area contributed by atoms with E-state index in [-0.39, 0.29) is 17.7 Å². The summed E-state index contributed by atoms with van der Waals surface area (Å²) in [6, 6.07) is 17.7. The second kappa shape index (κ2) is 10.4. The number of aromatic nitrogens is 3. The van der Waals surface area contributed by atoms with E-state index in [1.54, 1.807) is 12.1 Å². The van der Waals surface area contributed by atoms with Crippen molar-refractivity contribution < 1.29 is 9.53 Å². The van der Waals surface area contributed by atoms with Crippen molar-refractivity contribution in [3.63, 3.8) is 0 Å². The zero-order valence-corrected chi connectivity index (χ0v) is 20.1. The third-order valence-electron chi connectivity index (χ3n) is 6.57. The molecule has 3 aromatic rings. The lowest BCUT2D eigenvalue weighted by Crippen LogP contribution is -2.28. The monoisotopic (exact) mass is 475 g/mol. The first-order chi connectivity index (χ1) is 16.7. The lowest BCUT2D eigenvalue weighted by molar-refractivity contribution is -0.130. The Balaban J connectivity index is 1.29. The number of amides is 1. The highest BCUT2D eigenvalue weighted by atomic mass is 32.2. The molecule has 34 heavy (non-hydrogen) atoms. The van der Waals surface area contributed by atoms with Gasteiger partial charge in [0.2, 0.25) is 5.16 Å². The number of nitrogens with one attached hydrogen (secondary N) is 1. The van der Waals surface area contributed by atoms with E-state index in [9.17, 15) is 4.79 Å². The average Bonchev–Trinajstić information content (AvgIpc) is 3.65. The Morgan fingerprint density at radius 1 is 1.12 bits per heavy atom. The summed E-state index contributed by atoms with van der Waals surface area (Å²) in [5.74, 6) is 2.59. The van der Waals surface area contributed by atoms with E-state index in [0.717, 1.165) is 34.8 Å². The molecule has 1 aromatic heterocycles. The van der Waals surface area contributed by atoms with E-state index in [0.29, 0.717) is 17.5 Å². The number of benzene rings is 2. The molecule has 1 N–H and O–H groups in total. The SMILES string of the molecule is COc1ccc(C2CC(c3ccccc3)=NN2C(=O)CSc2n[nH]c(CC3CCCC3)n2)cc1. The molecule has 1 aliphatic heterocycles. The highest BCUT2D eigenvalue weighted by molar-refractivity contribution is 7.99. The fourth-order valence-corrected chi connectivity index (χ4v) is 5.41. The number of aromatic amines is 1. The number of thioether (sulfide) groups is 1. The maximum atomic E-state index is 13.3. The molecule has 8 heteroatoms. The Morgan fingerprint density at radius 3 is 2.62 bits per heavy atom. The lowest BCUT2D eigenvalue weighted by Gasteiger charge is -2.22. The van der Waals surface area contributed by atoms with Gasteiger partial charge in [0.15, 0.2) is 0 Å². The summed E-state index contributed by atoms with van der Waals surface area (Å²) >= 11 is 1.36. The van der Waals surface area contributed by atoms with Gasteiger partial charge in [-0.05, 0) is 29.2 Å². The molecule has 2 heterocycles. The molecule has 1 fully saturated rings. The van der Waals surface area contributed by atoms with Gasteiger partial charge in [0.25, 0.3) is 5.91 Å². The van der Waals surface area contributed by atoms with E-state index in [2.05, 4.69) is 15.2 Å². The Labute approximate surface area is 204 Å². The molecule has 2 aromatic carbocycles. The van der Waals surface area contributed by atoms with E-state index >= 15 is 0 Å². The van der Waals surface area contributed by atoms with Crippen LogP contribution in [0.15, 0.2) is 64.9 Å². The number of methoxy groups -OCH3 is 1. The minimum Gasteiger partial charge on any atom is -0.497 e. The molecule has 0 radical (unpaired) electrons. The Bertz CT molecular complexity index is 1140. The molecule has 1 atom stereocenters. The van der Waals surface area contributed by atoms with Gasteiger partial charge in [-0.1, -0.05) is 79.9 Å². The van der Waals surface area contributed by atoms with Crippen molar-refractivity contribution in [1.82, 2.24) is 20.2 Å². The first-order valence-corrected chi connectivity index (χ1v) is 12.8. The number of nitrogens with zero attached hydrogens (tertiary/aromatic N) is 4. The number of rotatable bonds is 8. The predicted octanol–water partition coefficient (Wildman–Crippen LogP) is 5.02. The molecule has 5 rings (SSSR count). The maximum Gasteiger partial charge on any atom is 0.253 e. The molecule has 1 unspecified atom stereocenters. The molecule has 2 aliphatic rings. The molecule has 1 aliphatic carbocycles. The van der Waals surface area contributed by atoms with Crippen molar-refractivity contribution in [2.75, 3.05) is 12.9 Å². The van der Waals surface area contributed by atoms with Gasteiger partial charge in [-0.2, -0.15) is 5.10 Å². The van der Waals surface area contributed by atoms with Gasteiger partial charge in [-0.3, -0.25) is 9.89 Å². The van der Waals surface area contributed by atoms with Crippen LogP contribution in [0.3, 0.4) is 0 Å². The summed E-state index contributed by atoms with van der Waals surface area (Å²) in [7, 11) is 1.65. The highest BCUT2D eigenvalue weighted by Crippen LogP contribution is 2.34. The van der Waals surface area contributed by atoms with E-state index in [4.69, 9.17) is 9.84 Å². The Hall–Kier alpha value is -3.13. The van der Waals surface area contributed by atoms with Gasteiger partial charge in [0.1, 0.15) is 11.6 Å². The van der Waals surface area contributed by atoms with Gasteiger partial charge in [-0.15, -0.1) is 5.10 Å². The average molecular weight is 476 g/mol. The summed E-state index contributed by atoms with van der Waals surface area (Å²) in [4.78, 5) is 17.9. The number of ether oxygens (including phenoxy) is 1. The van der Waals surface area contributed by atoms with Crippen LogP contribution >= 0.6 is 11.8 Å². The van der Waals surface area contributed by atoms with Crippen molar-refractivity contribution in [3.05, 3.63) is 71.5 Å².